The van der Waals surface area contributed by atoms with E-state index in [1.54, 1.807) is 32.4 Å². The molecule has 0 spiro atoms. The molecule has 2 rings (SSSR count). The van der Waals surface area contributed by atoms with E-state index in [9.17, 15) is 0 Å². The van der Waals surface area contributed by atoms with E-state index in [0.717, 1.165) is 5.56 Å². The van der Waals surface area contributed by atoms with Gasteiger partial charge < -0.3 is 14.2 Å². The van der Waals surface area contributed by atoms with Gasteiger partial charge in [0.05, 0.1) is 30.9 Å². The van der Waals surface area contributed by atoms with Crippen LogP contribution in [0.2, 0.25) is 5.02 Å². The Morgan fingerprint density at radius 1 is 1.00 bits per heavy atom. The molecule has 0 atom stereocenters. The predicted octanol–water partition coefficient (Wildman–Crippen LogP) is 3.81. The fraction of sp³-hybridized carbons (Fsp3) is 0.188. The number of ether oxygens (including phenoxy) is 3. The van der Waals surface area contributed by atoms with Crippen LogP contribution in [0.15, 0.2) is 36.4 Å². The highest BCUT2D eigenvalue weighted by molar-refractivity contribution is 6.32. The lowest BCUT2D eigenvalue weighted by Gasteiger charge is -2.11. The average Bonchev–Trinajstić information content (AvgIpc) is 2.53. The van der Waals surface area contributed by atoms with Crippen molar-refractivity contribution in [3.63, 3.8) is 0 Å². The van der Waals surface area contributed by atoms with Crippen LogP contribution in [0, 0.1) is 11.3 Å². The normalized spacial score (nSPS) is 9.81. The number of halogens is 1. The number of nitrogens with zero attached hydrogens (tertiary/aromatic N) is 1. The first kappa shape index (κ1) is 15.0. The van der Waals surface area contributed by atoms with Gasteiger partial charge in [-0.25, -0.2) is 0 Å². The van der Waals surface area contributed by atoms with Gasteiger partial charge in [0.2, 0.25) is 0 Å². The molecule has 0 aliphatic carbocycles. The monoisotopic (exact) mass is 303 g/mol. The van der Waals surface area contributed by atoms with E-state index < -0.39 is 0 Å². The van der Waals surface area contributed by atoms with E-state index in [0.29, 0.717) is 34.4 Å². The highest BCUT2D eigenvalue weighted by Gasteiger charge is 2.07. The topological polar surface area (TPSA) is 51.5 Å². The van der Waals surface area contributed by atoms with Gasteiger partial charge in [-0.2, -0.15) is 5.26 Å². The zero-order chi connectivity index (χ0) is 15.2. The summed E-state index contributed by atoms with van der Waals surface area (Å²) in [5, 5.41) is 9.20. The molecule has 108 valence electrons. The zero-order valence-electron chi connectivity index (χ0n) is 11.7. The minimum atomic E-state index is 0.339. The summed E-state index contributed by atoms with van der Waals surface area (Å²) in [4.78, 5) is 0. The van der Waals surface area contributed by atoms with E-state index in [4.69, 9.17) is 31.1 Å². The highest BCUT2D eigenvalue weighted by Crippen LogP contribution is 2.29. The molecule has 0 saturated heterocycles. The van der Waals surface area contributed by atoms with E-state index in [1.165, 1.54) is 0 Å². The molecule has 0 fully saturated rings. The third kappa shape index (κ3) is 3.59. The molecule has 0 aromatic heterocycles. The Morgan fingerprint density at radius 3 is 2.33 bits per heavy atom. The second-order valence-electron chi connectivity index (χ2n) is 4.24. The standard InChI is InChI=1S/C16H14ClNO3/c1-19-15-6-4-12(8-16(15)20-2)10-21-14-5-3-11(9-18)7-13(14)17/h3-8H,10H2,1-2H3. The highest BCUT2D eigenvalue weighted by atomic mass is 35.5. The Labute approximate surface area is 128 Å². The Kier molecular flexibility index (Phi) is 4.91. The minimum absolute atomic E-state index is 0.339. The number of benzene rings is 2. The summed E-state index contributed by atoms with van der Waals surface area (Å²) >= 11 is 6.06. The largest absolute Gasteiger partial charge is 0.493 e. The zero-order valence-corrected chi connectivity index (χ0v) is 12.5. The lowest BCUT2D eigenvalue weighted by molar-refractivity contribution is 0.304. The summed E-state index contributed by atoms with van der Waals surface area (Å²) in [6.45, 7) is 0.339. The van der Waals surface area contributed by atoms with Gasteiger partial charge in [0, 0.05) is 0 Å². The number of methoxy groups -OCH3 is 2. The quantitative estimate of drug-likeness (QED) is 0.843. The molecule has 21 heavy (non-hydrogen) atoms. The number of nitriles is 1. The van der Waals surface area contributed by atoms with Crippen molar-refractivity contribution in [3.8, 4) is 23.3 Å². The first-order chi connectivity index (χ1) is 10.2. The molecule has 0 bridgehead atoms. The molecule has 0 aliphatic heterocycles. The summed E-state index contributed by atoms with van der Waals surface area (Å²) < 4.78 is 16.1. The van der Waals surface area contributed by atoms with Crippen LogP contribution in [0.3, 0.4) is 0 Å². The van der Waals surface area contributed by atoms with Gasteiger partial charge in [-0.05, 0) is 35.9 Å². The van der Waals surface area contributed by atoms with Crippen molar-refractivity contribution in [2.24, 2.45) is 0 Å². The van der Waals surface area contributed by atoms with Crippen LogP contribution in [0.25, 0.3) is 0 Å². The Morgan fingerprint density at radius 2 is 1.71 bits per heavy atom. The second-order valence-corrected chi connectivity index (χ2v) is 4.64. The predicted molar refractivity (Wildman–Crippen MR) is 80.0 cm³/mol. The molecule has 0 heterocycles. The van der Waals surface area contributed by atoms with Crippen molar-refractivity contribution in [1.29, 1.82) is 5.26 Å². The molecule has 4 nitrogen and oxygen atoms in total. The molecule has 5 heteroatoms. The number of hydrogen-bond donors (Lipinski definition) is 0. The molecule has 0 saturated carbocycles. The molecule has 2 aromatic carbocycles. The molecule has 0 N–H and O–H groups in total. The van der Waals surface area contributed by atoms with Crippen LogP contribution in [0.4, 0.5) is 0 Å². The summed E-state index contributed by atoms with van der Waals surface area (Å²) in [6.07, 6.45) is 0. The molecular formula is C16H14ClNO3. The fourth-order valence-corrected chi connectivity index (χ4v) is 2.05. The van der Waals surface area contributed by atoms with Crippen molar-refractivity contribution < 1.29 is 14.2 Å². The lowest BCUT2D eigenvalue weighted by Crippen LogP contribution is -1.98. The van der Waals surface area contributed by atoms with Crippen molar-refractivity contribution in [2.75, 3.05) is 14.2 Å². The van der Waals surface area contributed by atoms with Gasteiger partial charge in [-0.3, -0.25) is 0 Å². The Balaban J connectivity index is 2.11. The van der Waals surface area contributed by atoms with Gasteiger partial charge >= 0.3 is 0 Å². The first-order valence-electron chi connectivity index (χ1n) is 6.21. The molecule has 0 radical (unpaired) electrons. The Bertz CT molecular complexity index is 680. The van der Waals surface area contributed by atoms with Gasteiger partial charge in [-0.1, -0.05) is 17.7 Å². The smallest absolute Gasteiger partial charge is 0.161 e. The maximum atomic E-state index is 8.79. The maximum absolute atomic E-state index is 8.79. The summed E-state index contributed by atoms with van der Waals surface area (Å²) in [7, 11) is 3.17. The van der Waals surface area contributed by atoms with E-state index in [2.05, 4.69) is 0 Å². The van der Waals surface area contributed by atoms with Gasteiger partial charge in [0.25, 0.3) is 0 Å². The molecule has 0 aliphatic rings. The van der Waals surface area contributed by atoms with Gasteiger partial charge in [0.1, 0.15) is 12.4 Å². The third-order valence-corrected chi connectivity index (χ3v) is 3.20. The van der Waals surface area contributed by atoms with Crippen LogP contribution in [-0.4, -0.2) is 14.2 Å². The van der Waals surface area contributed by atoms with Crippen molar-refractivity contribution in [1.82, 2.24) is 0 Å². The van der Waals surface area contributed by atoms with Crippen LogP contribution in [0.5, 0.6) is 17.2 Å². The number of hydrogen-bond acceptors (Lipinski definition) is 4. The van der Waals surface area contributed by atoms with Crippen LogP contribution >= 0.6 is 11.6 Å². The van der Waals surface area contributed by atoms with Gasteiger partial charge in [-0.15, -0.1) is 0 Å². The van der Waals surface area contributed by atoms with Crippen molar-refractivity contribution in [3.05, 3.63) is 52.5 Å². The molecule has 2 aromatic rings. The third-order valence-electron chi connectivity index (χ3n) is 2.90. The van der Waals surface area contributed by atoms with Crippen molar-refractivity contribution in [2.45, 2.75) is 6.61 Å². The minimum Gasteiger partial charge on any atom is -0.493 e. The van der Waals surface area contributed by atoms with Crippen molar-refractivity contribution >= 4 is 11.6 Å². The number of rotatable bonds is 5. The molecular weight excluding hydrogens is 290 g/mol. The molecule has 0 unspecified atom stereocenters. The van der Waals surface area contributed by atoms with Crippen LogP contribution in [-0.2, 0) is 6.61 Å². The SMILES string of the molecule is COc1ccc(COc2ccc(C#N)cc2Cl)cc1OC. The second kappa shape index (κ2) is 6.87. The summed E-state index contributed by atoms with van der Waals surface area (Å²) in [5.74, 6) is 1.84. The first-order valence-corrected chi connectivity index (χ1v) is 6.59. The van der Waals surface area contributed by atoms with Crippen LogP contribution < -0.4 is 14.2 Å². The van der Waals surface area contributed by atoms with Crippen LogP contribution in [0.1, 0.15) is 11.1 Å². The summed E-state index contributed by atoms with van der Waals surface area (Å²) in [6, 6.07) is 12.5. The van der Waals surface area contributed by atoms with E-state index in [1.807, 2.05) is 24.3 Å². The summed E-state index contributed by atoms with van der Waals surface area (Å²) in [5.41, 5.74) is 1.42. The van der Waals surface area contributed by atoms with Gasteiger partial charge in [0.15, 0.2) is 11.5 Å². The average molecular weight is 304 g/mol. The fourth-order valence-electron chi connectivity index (χ4n) is 1.82. The lowest BCUT2D eigenvalue weighted by atomic mass is 10.2. The van der Waals surface area contributed by atoms with E-state index >= 15 is 0 Å². The molecule has 0 amide bonds. The van der Waals surface area contributed by atoms with E-state index in [-0.39, 0.29) is 0 Å². The Hall–Kier alpha value is -2.38. The maximum Gasteiger partial charge on any atom is 0.161 e.